The van der Waals surface area contributed by atoms with Crippen molar-refractivity contribution in [3.8, 4) is 0 Å². The van der Waals surface area contributed by atoms with Gasteiger partial charge in [0.25, 0.3) is 0 Å². The number of ether oxygens (including phenoxy) is 5. The molecule has 7 rings (SSSR count). The molecule has 6 fully saturated rings. The van der Waals surface area contributed by atoms with Crippen LogP contribution < -0.4 is 0 Å². The maximum Gasteiger partial charge on any atom is 0.171 e. The van der Waals surface area contributed by atoms with Gasteiger partial charge < -0.3 is 23.7 Å². The molecule has 1 aromatic rings. The van der Waals surface area contributed by atoms with Crippen LogP contribution in [-0.2, 0) is 30.3 Å². The standard InChI is InChI=1S/C17H22O3.C11H18O2/c1-2-4-13(5-3-1)12-18-16-7-6-15-14(16)8-9-17(15)19-10-11-20-17;1-8-2-3-10-9(8)4-5-11(10)12-6-7-13-11/h1-5,14-16H,6-12H2;8-10H,2-7H2,1H3. The van der Waals surface area contributed by atoms with Crippen molar-refractivity contribution in [2.45, 2.75) is 82.6 Å². The molecule has 6 unspecified atom stereocenters. The van der Waals surface area contributed by atoms with Crippen LogP contribution in [-0.4, -0.2) is 44.1 Å². The van der Waals surface area contributed by atoms with E-state index in [1.54, 1.807) is 0 Å². The summed E-state index contributed by atoms with van der Waals surface area (Å²) in [5.41, 5.74) is 1.26. The number of fused-ring (bicyclic) bond motifs is 4. The summed E-state index contributed by atoms with van der Waals surface area (Å²) in [6.07, 6.45) is 10.1. The summed E-state index contributed by atoms with van der Waals surface area (Å²) in [7, 11) is 0. The Morgan fingerprint density at radius 1 is 0.727 bits per heavy atom. The van der Waals surface area contributed by atoms with Crippen LogP contribution in [0.25, 0.3) is 0 Å². The van der Waals surface area contributed by atoms with E-state index < -0.39 is 0 Å². The predicted octanol–water partition coefficient (Wildman–Crippen LogP) is 5.32. The molecule has 0 amide bonds. The lowest BCUT2D eigenvalue weighted by Crippen LogP contribution is -2.35. The van der Waals surface area contributed by atoms with Crippen molar-refractivity contribution in [2.75, 3.05) is 26.4 Å². The summed E-state index contributed by atoms with van der Waals surface area (Å²) in [4.78, 5) is 0. The molecule has 6 atom stereocenters. The minimum absolute atomic E-state index is 0.130. The third-order valence-electron chi connectivity index (χ3n) is 9.58. The van der Waals surface area contributed by atoms with E-state index in [9.17, 15) is 0 Å². The van der Waals surface area contributed by atoms with Crippen LogP contribution in [0.3, 0.4) is 0 Å². The molecule has 4 aliphatic carbocycles. The Kier molecular flexibility index (Phi) is 6.29. The highest BCUT2D eigenvalue weighted by atomic mass is 16.7. The number of rotatable bonds is 3. The Bertz CT molecular complexity index is 785. The van der Waals surface area contributed by atoms with Crippen LogP contribution >= 0.6 is 0 Å². The van der Waals surface area contributed by atoms with E-state index >= 15 is 0 Å². The normalized spacial score (nSPS) is 39.7. The first kappa shape index (κ1) is 22.5. The van der Waals surface area contributed by atoms with Gasteiger partial charge in [-0.1, -0.05) is 37.3 Å². The van der Waals surface area contributed by atoms with Crippen LogP contribution in [0.1, 0.15) is 63.9 Å². The van der Waals surface area contributed by atoms with Gasteiger partial charge in [-0.15, -0.1) is 0 Å². The Morgan fingerprint density at radius 3 is 1.97 bits per heavy atom. The molecule has 0 bridgehead atoms. The fourth-order valence-electron chi connectivity index (χ4n) is 8.01. The maximum atomic E-state index is 6.19. The molecule has 2 aliphatic heterocycles. The summed E-state index contributed by atoms with van der Waals surface area (Å²) in [5, 5.41) is 0. The molecule has 0 aromatic heterocycles. The highest BCUT2D eigenvalue weighted by Gasteiger charge is 2.58. The Balaban J connectivity index is 0.000000137. The van der Waals surface area contributed by atoms with Gasteiger partial charge >= 0.3 is 0 Å². The maximum absolute atomic E-state index is 6.19. The van der Waals surface area contributed by atoms with Crippen molar-refractivity contribution in [1.82, 2.24) is 0 Å². The molecule has 5 nitrogen and oxygen atoms in total. The molecule has 1 aromatic carbocycles. The van der Waals surface area contributed by atoms with E-state index in [0.717, 1.165) is 64.1 Å². The average molecular weight is 457 g/mol. The van der Waals surface area contributed by atoms with Crippen LogP contribution in [0, 0.1) is 29.6 Å². The first-order valence-corrected chi connectivity index (χ1v) is 13.4. The van der Waals surface area contributed by atoms with E-state index in [1.165, 1.54) is 37.7 Å². The van der Waals surface area contributed by atoms with Crippen molar-refractivity contribution >= 4 is 0 Å². The summed E-state index contributed by atoms with van der Waals surface area (Å²) in [5.74, 6) is 3.29. The lowest BCUT2D eigenvalue weighted by molar-refractivity contribution is -0.184. The monoisotopic (exact) mass is 456 g/mol. The van der Waals surface area contributed by atoms with Gasteiger partial charge in [-0.05, 0) is 61.8 Å². The second-order valence-electron chi connectivity index (χ2n) is 11.1. The summed E-state index contributed by atoms with van der Waals surface area (Å²) in [6.45, 7) is 6.27. The van der Waals surface area contributed by atoms with Crippen molar-refractivity contribution in [1.29, 1.82) is 0 Å². The topological polar surface area (TPSA) is 46.2 Å². The van der Waals surface area contributed by atoms with Crippen LogP contribution in [0.4, 0.5) is 0 Å². The van der Waals surface area contributed by atoms with Crippen LogP contribution in [0.5, 0.6) is 0 Å². The van der Waals surface area contributed by atoms with Crippen molar-refractivity contribution in [3.63, 3.8) is 0 Å². The Hall–Kier alpha value is -0.980. The predicted molar refractivity (Wildman–Crippen MR) is 124 cm³/mol. The molecule has 0 N–H and O–H groups in total. The average Bonchev–Trinajstić information content (AvgIpc) is 3.67. The summed E-state index contributed by atoms with van der Waals surface area (Å²) >= 11 is 0. The van der Waals surface area contributed by atoms with E-state index in [1.807, 2.05) is 6.07 Å². The van der Waals surface area contributed by atoms with Crippen molar-refractivity contribution in [2.24, 2.45) is 29.6 Å². The first-order chi connectivity index (χ1) is 16.2. The molecule has 2 saturated heterocycles. The number of hydrogen-bond acceptors (Lipinski definition) is 5. The van der Waals surface area contributed by atoms with Gasteiger partial charge in [0.15, 0.2) is 11.6 Å². The van der Waals surface area contributed by atoms with E-state index in [2.05, 4.69) is 31.2 Å². The van der Waals surface area contributed by atoms with Gasteiger partial charge in [0.1, 0.15) is 0 Å². The third-order valence-corrected chi connectivity index (χ3v) is 9.58. The molecule has 2 heterocycles. The van der Waals surface area contributed by atoms with E-state index in [4.69, 9.17) is 23.7 Å². The molecular weight excluding hydrogens is 416 g/mol. The molecule has 33 heavy (non-hydrogen) atoms. The third kappa shape index (κ3) is 4.08. The lowest BCUT2D eigenvalue weighted by Gasteiger charge is -2.28. The van der Waals surface area contributed by atoms with E-state index in [0.29, 0.717) is 23.9 Å². The molecule has 4 saturated carbocycles. The number of hydrogen-bond donors (Lipinski definition) is 0. The van der Waals surface area contributed by atoms with Gasteiger partial charge in [0.05, 0.1) is 39.1 Å². The van der Waals surface area contributed by atoms with Gasteiger partial charge in [0.2, 0.25) is 0 Å². The zero-order valence-electron chi connectivity index (χ0n) is 20.1. The van der Waals surface area contributed by atoms with Gasteiger partial charge in [-0.3, -0.25) is 0 Å². The first-order valence-electron chi connectivity index (χ1n) is 13.4. The zero-order chi connectivity index (χ0) is 22.3. The minimum atomic E-state index is -0.254. The Morgan fingerprint density at radius 2 is 1.30 bits per heavy atom. The fraction of sp³-hybridized carbons (Fsp3) is 0.786. The molecule has 5 heteroatoms. The summed E-state index contributed by atoms with van der Waals surface area (Å²) in [6, 6.07) is 10.4. The van der Waals surface area contributed by atoms with Crippen LogP contribution in [0.15, 0.2) is 30.3 Å². The SMILES string of the molecule is CC1CCC2C1CCC21OCCO1.c1ccc(COC2CCC3C2CCC32OCCO2)cc1. The smallest absolute Gasteiger partial charge is 0.171 e. The zero-order valence-corrected chi connectivity index (χ0v) is 20.1. The van der Waals surface area contributed by atoms with Gasteiger partial charge in [-0.2, -0.15) is 0 Å². The van der Waals surface area contributed by atoms with Crippen LogP contribution in [0.2, 0.25) is 0 Å². The molecule has 182 valence electrons. The second-order valence-corrected chi connectivity index (χ2v) is 11.1. The second kappa shape index (κ2) is 9.23. The molecule has 0 radical (unpaired) electrons. The van der Waals surface area contributed by atoms with Gasteiger partial charge in [-0.25, -0.2) is 0 Å². The summed E-state index contributed by atoms with van der Waals surface area (Å²) < 4.78 is 29.8. The molecule has 2 spiro atoms. The molecular formula is C28H40O5. The van der Waals surface area contributed by atoms with E-state index in [-0.39, 0.29) is 11.6 Å². The Labute approximate surface area is 198 Å². The van der Waals surface area contributed by atoms with Crippen molar-refractivity contribution < 1.29 is 23.7 Å². The highest BCUT2D eigenvalue weighted by molar-refractivity contribution is 5.13. The van der Waals surface area contributed by atoms with Gasteiger partial charge in [0, 0.05) is 24.7 Å². The molecule has 6 aliphatic rings. The minimum Gasteiger partial charge on any atom is -0.373 e. The largest absolute Gasteiger partial charge is 0.373 e. The fourth-order valence-corrected chi connectivity index (χ4v) is 8.01. The lowest BCUT2D eigenvalue weighted by atomic mass is 9.92. The quantitative estimate of drug-likeness (QED) is 0.616. The highest BCUT2D eigenvalue weighted by Crippen LogP contribution is 2.56. The van der Waals surface area contributed by atoms with Crippen molar-refractivity contribution in [3.05, 3.63) is 35.9 Å². The number of benzene rings is 1.